The molecule has 4 nitrogen and oxygen atoms in total. The van der Waals surface area contributed by atoms with E-state index in [1.807, 2.05) is 5.51 Å². The Balaban J connectivity index is 1.69. The molecule has 1 aromatic heterocycles. The molecular weight excluding hydrogens is 306 g/mol. The summed E-state index contributed by atoms with van der Waals surface area (Å²) >= 11 is 1.53. The summed E-state index contributed by atoms with van der Waals surface area (Å²) in [6, 6.07) is 0.522. The van der Waals surface area contributed by atoms with Gasteiger partial charge in [0.05, 0.1) is 11.2 Å². The van der Waals surface area contributed by atoms with E-state index in [2.05, 4.69) is 36.0 Å². The number of likely N-dealkylation sites (tertiary alicyclic amines) is 1. The van der Waals surface area contributed by atoms with Crippen LogP contribution in [0.15, 0.2) is 5.51 Å². The number of carbonyl (C=O) groups excluding carboxylic acids is 1. The second-order valence-electron chi connectivity index (χ2n) is 8.01. The SMILES string of the molecule is CC(C)(C)c1ncsc1NC(=O)N1CCC[C@@H]1C1CCCCC1. The van der Waals surface area contributed by atoms with Crippen LogP contribution in [0.3, 0.4) is 0 Å². The van der Waals surface area contributed by atoms with E-state index in [-0.39, 0.29) is 11.4 Å². The first-order valence-electron chi connectivity index (χ1n) is 8.98. The minimum Gasteiger partial charge on any atom is -0.321 e. The number of thiazole rings is 1. The molecule has 1 aromatic rings. The lowest BCUT2D eigenvalue weighted by atomic mass is 9.83. The molecule has 2 aliphatic rings. The molecule has 1 aliphatic carbocycles. The van der Waals surface area contributed by atoms with Gasteiger partial charge in [-0.25, -0.2) is 9.78 Å². The molecule has 5 heteroatoms. The van der Waals surface area contributed by atoms with Crippen LogP contribution < -0.4 is 5.32 Å². The van der Waals surface area contributed by atoms with E-state index in [1.165, 1.54) is 49.9 Å². The maximum absolute atomic E-state index is 12.8. The molecular formula is C18H29N3OS. The summed E-state index contributed by atoms with van der Waals surface area (Å²) in [7, 11) is 0. The monoisotopic (exact) mass is 335 g/mol. The number of aromatic nitrogens is 1. The average molecular weight is 336 g/mol. The summed E-state index contributed by atoms with van der Waals surface area (Å²) < 4.78 is 0. The number of nitrogens with zero attached hydrogens (tertiary/aromatic N) is 2. The van der Waals surface area contributed by atoms with E-state index < -0.39 is 0 Å². The fourth-order valence-corrected chi connectivity index (χ4v) is 4.97. The van der Waals surface area contributed by atoms with Gasteiger partial charge in [0, 0.05) is 18.0 Å². The smallest absolute Gasteiger partial charge is 0.321 e. The first-order valence-corrected chi connectivity index (χ1v) is 9.86. The highest BCUT2D eigenvalue weighted by atomic mass is 32.1. The van der Waals surface area contributed by atoms with Gasteiger partial charge in [0.2, 0.25) is 0 Å². The van der Waals surface area contributed by atoms with Crippen molar-refractivity contribution in [3.05, 3.63) is 11.2 Å². The zero-order valence-electron chi connectivity index (χ0n) is 14.6. The van der Waals surface area contributed by atoms with Crippen molar-refractivity contribution >= 4 is 22.4 Å². The number of amides is 2. The molecule has 1 aliphatic heterocycles. The fourth-order valence-electron chi connectivity index (χ4n) is 4.09. The molecule has 0 aromatic carbocycles. The van der Waals surface area contributed by atoms with Crippen molar-refractivity contribution in [2.45, 2.75) is 77.2 Å². The van der Waals surface area contributed by atoms with Crippen LogP contribution in [-0.2, 0) is 5.41 Å². The summed E-state index contributed by atoms with van der Waals surface area (Å²) in [6.07, 6.45) is 8.94. The summed E-state index contributed by atoms with van der Waals surface area (Å²) in [5, 5.41) is 4.06. The fraction of sp³-hybridized carbons (Fsp3) is 0.778. The normalized spacial score (nSPS) is 23.3. The van der Waals surface area contributed by atoms with Gasteiger partial charge in [-0.15, -0.1) is 11.3 Å². The van der Waals surface area contributed by atoms with Gasteiger partial charge < -0.3 is 4.90 Å². The van der Waals surface area contributed by atoms with Gasteiger partial charge in [-0.3, -0.25) is 5.32 Å². The van der Waals surface area contributed by atoms with E-state index in [9.17, 15) is 4.79 Å². The Morgan fingerprint density at radius 1 is 1.22 bits per heavy atom. The van der Waals surface area contributed by atoms with Crippen molar-refractivity contribution in [3.8, 4) is 0 Å². The molecule has 2 fully saturated rings. The molecule has 23 heavy (non-hydrogen) atoms. The molecule has 3 rings (SSSR count). The molecule has 1 saturated heterocycles. The number of urea groups is 1. The van der Waals surface area contributed by atoms with Crippen LogP contribution in [0.1, 0.15) is 71.4 Å². The highest BCUT2D eigenvalue weighted by Gasteiger charge is 2.35. The zero-order chi connectivity index (χ0) is 16.4. The van der Waals surface area contributed by atoms with E-state index in [1.54, 1.807) is 0 Å². The van der Waals surface area contributed by atoms with Crippen molar-refractivity contribution in [2.75, 3.05) is 11.9 Å². The van der Waals surface area contributed by atoms with Gasteiger partial charge in [0.1, 0.15) is 5.00 Å². The van der Waals surface area contributed by atoms with Crippen molar-refractivity contribution < 1.29 is 4.79 Å². The molecule has 1 N–H and O–H groups in total. The number of carbonyl (C=O) groups is 1. The minimum absolute atomic E-state index is 0.0452. The van der Waals surface area contributed by atoms with E-state index in [4.69, 9.17) is 0 Å². The molecule has 128 valence electrons. The number of rotatable bonds is 2. The van der Waals surface area contributed by atoms with Gasteiger partial charge in [-0.05, 0) is 31.6 Å². The Hall–Kier alpha value is -1.10. The summed E-state index contributed by atoms with van der Waals surface area (Å²) in [6.45, 7) is 7.31. The zero-order valence-corrected chi connectivity index (χ0v) is 15.4. The van der Waals surface area contributed by atoms with Crippen LogP contribution >= 0.6 is 11.3 Å². The number of nitrogens with one attached hydrogen (secondary N) is 1. The second kappa shape index (κ2) is 6.80. The van der Waals surface area contributed by atoms with Crippen molar-refractivity contribution in [2.24, 2.45) is 5.92 Å². The quantitative estimate of drug-likeness (QED) is 0.825. The minimum atomic E-state index is -0.0452. The standard InChI is InChI=1S/C18H29N3OS/c1-18(2,3)15-16(23-12-19-15)20-17(22)21-11-7-10-14(21)13-8-5-4-6-9-13/h12-14H,4-11H2,1-3H3,(H,20,22)/t14-/m1/s1. The first kappa shape index (κ1) is 16.7. The second-order valence-corrected chi connectivity index (χ2v) is 8.87. The van der Waals surface area contributed by atoms with E-state index in [0.29, 0.717) is 12.0 Å². The van der Waals surface area contributed by atoms with E-state index in [0.717, 1.165) is 23.7 Å². The van der Waals surface area contributed by atoms with Crippen LogP contribution in [0.25, 0.3) is 0 Å². The lowest BCUT2D eigenvalue weighted by molar-refractivity contribution is 0.166. The van der Waals surface area contributed by atoms with Crippen molar-refractivity contribution in [1.82, 2.24) is 9.88 Å². The van der Waals surface area contributed by atoms with Gasteiger partial charge in [0.25, 0.3) is 0 Å². The molecule has 2 heterocycles. The molecule has 1 saturated carbocycles. The van der Waals surface area contributed by atoms with Crippen molar-refractivity contribution in [3.63, 3.8) is 0 Å². The first-order chi connectivity index (χ1) is 11.0. The van der Waals surface area contributed by atoms with Crippen LogP contribution in [0.2, 0.25) is 0 Å². The van der Waals surface area contributed by atoms with Crippen LogP contribution in [0, 0.1) is 5.92 Å². The highest BCUT2D eigenvalue weighted by Crippen LogP contribution is 2.36. The number of hydrogen-bond donors (Lipinski definition) is 1. The molecule has 2 amide bonds. The molecule has 0 radical (unpaired) electrons. The van der Waals surface area contributed by atoms with Crippen molar-refractivity contribution in [1.29, 1.82) is 0 Å². The van der Waals surface area contributed by atoms with Gasteiger partial charge >= 0.3 is 6.03 Å². The lowest BCUT2D eigenvalue weighted by Gasteiger charge is -2.34. The highest BCUT2D eigenvalue weighted by molar-refractivity contribution is 7.14. The third kappa shape index (κ3) is 3.70. The Morgan fingerprint density at radius 2 is 1.96 bits per heavy atom. The van der Waals surface area contributed by atoms with Gasteiger partial charge in [0.15, 0.2) is 0 Å². The van der Waals surface area contributed by atoms with E-state index >= 15 is 0 Å². The predicted octanol–water partition coefficient (Wildman–Crippen LogP) is 5.02. The third-order valence-electron chi connectivity index (χ3n) is 5.25. The molecule has 0 unspecified atom stereocenters. The summed E-state index contributed by atoms with van der Waals surface area (Å²) in [4.78, 5) is 19.4. The Bertz CT molecular complexity index is 543. The maximum Gasteiger partial charge on any atom is 0.322 e. The molecule has 0 spiro atoms. The summed E-state index contributed by atoms with van der Waals surface area (Å²) in [5.74, 6) is 0.709. The maximum atomic E-state index is 12.8. The van der Waals surface area contributed by atoms with Crippen LogP contribution in [0.4, 0.5) is 9.80 Å². The largest absolute Gasteiger partial charge is 0.322 e. The van der Waals surface area contributed by atoms with Crippen LogP contribution in [0.5, 0.6) is 0 Å². The predicted molar refractivity (Wildman–Crippen MR) is 96.1 cm³/mol. The average Bonchev–Trinajstić information content (AvgIpc) is 3.16. The molecule has 1 atom stereocenters. The van der Waals surface area contributed by atoms with Crippen LogP contribution in [-0.4, -0.2) is 28.5 Å². The molecule has 0 bridgehead atoms. The summed E-state index contributed by atoms with van der Waals surface area (Å²) in [5.41, 5.74) is 2.78. The Labute approximate surface area is 143 Å². The van der Waals surface area contributed by atoms with Gasteiger partial charge in [-0.1, -0.05) is 40.0 Å². The van der Waals surface area contributed by atoms with Gasteiger partial charge in [-0.2, -0.15) is 0 Å². The Kier molecular flexibility index (Phi) is 4.95. The third-order valence-corrected chi connectivity index (χ3v) is 5.99. The number of anilines is 1. The topological polar surface area (TPSA) is 45.2 Å². The Morgan fingerprint density at radius 3 is 2.65 bits per heavy atom. The lowest BCUT2D eigenvalue weighted by Crippen LogP contribution is -2.43. The number of hydrogen-bond acceptors (Lipinski definition) is 3.